The summed E-state index contributed by atoms with van der Waals surface area (Å²) in [5, 5.41) is 1.37. The third-order valence-corrected chi connectivity index (χ3v) is 4.74. The van der Waals surface area contributed by atoms with Gasteiger partial charge in [0.05, 0.1) is 4.90 Å². The first-order valence-electron chi connectivity index (χ1n) is 6.18. The third kappa shape index (κ3) is 2.77. The maximum absolute atomic E-state index is 13.3. The molecule has 0 radical (unpaired) electrons. The summed E-state index contributed by atoms with van der Waals surface area (Å²) in [6.45, 7) is 1.66. The molecule has 1 aliphatic heterocycles. The predicted octanol–water partition coefficient (Wildman–Crippen LogP) is 0.714. The van der Waals surface area contributed by atoms with Crippen molar-refractivity contribution in [2.75, 3.05) is 7.05 Å². The Balaban J connectivity index is 2.50. The Labute approximate surface area is 129 Å². The van der Waals surface area contributed by atoms with E-state index in [1.807, 2.05) is 0 Å². The van der Waals surface area contributed by atoms with Crippen molar-refractivity contribution in [1.82, 2.24) is 14.9 Å². The number of imide groups is 1. The van der Waals surface area contributed by atoms with Gasteiger partial charge in [-0.25, -0.2) is 13.2 Å². The number of amides is 3. The minimum absolute atomic E-state index is 0.158. The van der Waals surface area contributed by atoms with E-state index in [2.05, 4.69) is 0 Å². The number of hydrogen-bond donors (Lipinski definition) is 2. The molecule has 1 aromatic carbocycles. The van der Waals surface area contributed by atoms with Crippen molar-refractivity contribution >= 4 is 22.0 Å². The average Bonchev–Trinajstić information content (AvgIpc) is 2.63. The first-order chi connectivity index (χ1) is 10.4. The number of sulfonamides is 1. The SMILES string of the molecule is Cc1ccc(S(=O)(=O)N[C@]2(C(F)(F)F)NC(=O)N(C)C2=O)cc1. The van der Waals surface area contributed by atoms with Gasteiger partial charge in [-0.05, 0) is 19.1 Å². The summed E-state index contributed by atoms with van der Waals surface area (Å²) in [6, 6.07) is 3.59. The van der Waals surface area contributed by atoms with E-state index in [0.717, 1.165) is 19.2 Å². The third-order valence-electron chi connectivity index (χ3n) is 3.27. The maximum Gasteiger partial charge on any atom is 0.435 e. The summed E-state index contributed by atoms with van der Waals surface area (Å²) < 4.78 is 65.6. The summed E-state index contributed by atoms with van der Waals surface area (Å²) in [6.07, 6.45) is -5.37. The maximum atomic E-state index is 13.3. The lowest BCUT2D eigenvalue weighted by atomic mass is 10.2. The number of alkyl halides is 3. The molecule has 1 fully saturated rings. The fourth-order valence-electron chi connectivity index (χ4n) is 1.94. The Bertz CT molecular complexity index is 761. The quantitative estimate of drug-likeness (QED) is 0.784. The zero-order chi connectivity index (χ0) is 17.6. The van der Waals surface area contributed by atoms with E-state index in [-0.39, 0.29) is 4.90 Å². The Morgan fingerprint density at radius 3 is 2.09 bits per heavy atom. The van der Waals surface area contributed by atoms with Crippen LogP contribution in [0.15, 0.2) is 29.2 Å². The van der Waals surface area contributed by atoms with Gasteiger partial charge in [0, 0.05) is 7.05 Å². The van der Waals surface area contributed by atoms with Crippen LogP contribution in [-0.4, -0.2) is 44.1 Å². The van der Waals surface area contributed by atoms with Crippen LogP contribution in [0.3, 0.4) is 0 Å². The molecule has 0 aromatic heterocycles. The topological polar surface area (TPSA) is 95.6 Å². The number of rotatable bonds is 3. The first-order valence-corrected chi connectivity index (χ1v) is 7.67. The van der Waals surface area contributed by atoms with E-state index >= 15 is 0 Å². The average molecular weight is 351 g/mol. The Morgan fingerprint density at radius 2 is 1.70 bits per heavy atom. The van der Waals surface area contributed by atoms with Gasteiger partial charge >= 0.3 is 12.2 Å². The molecule has 3 amide bonds. The highest BCUT2D eigenvalue weighted by atomic mass is 32.2. The number of aryl methyl sites for hydroxylation is 1. The number of halogens is 3. The molecule has 11 heteroatoms. The summed E-state index contributed by atoms with van der Waals surface area (Å²) in [4.78, 5) is 22.9. The lowest BCUT2D eigenvalue weighted by Gasteiger charge is -2.29. The van der Waals surface area contributed by atoms with E-state index in [9.17, 15) is 31.2 Å². The van der Waals surface area contributed by atoms with E-state index in [4.69, 9.17) is 0 Å². The van der Waals surface area contributed by atoms with E-state index in [0.29, 0.717) is 5.56 Å². The van der Waals surface area contributed by atoms with Crippen LogP contribution in [0.2, 0.25) is 0 Å². The van der Waals surface area contributed by atoms with Crippen molar-refractivity contribution in [3.63, 3.8) is 0 Å². The predicted molar refractivity (Wildman–Crippen MR) is 71.6 cm³/mol. The lowest BCUT2D eigenvalue weighted by Crippen LogP contribution is -2.69. The van der Waals surface area contributed by atoms with Gasteiger partial charge in [-0.1, -0.05) is 17.7 Å². The molecule has 1 saturated heterocycles. The highest BCUT2D eigenvalue weighted by Crippen LogP contribution is 2.34. The van der Waals surface area contributed by atoms with Crippen LogP contribution >= 0.6 is 0 Å². The van der Waals surface area contributed by atoms with Crippen molar-refractivity contribution < 1.29 is 31.2 Å². The molecule has 1 heterocycles. The first kappa shape index (κ1) is 17.2. The second kappa shape index (κ2) is 5.20. The molecule has 0 spiro atoms. The van der Waals surface area contributed by atoms with Crippen LogP contribution in [0, 0.1) is 6.92 Å². The number of hydrogen-bond acceptors (Lipinski definition) is 4. The molecule has 23 heavy (non-hydrogen) atoms. The molecule has 1 aromatic rings. The largest absolute Gasteiger partial charge is 0.435 e. The van der Waals surface area contributed by atoms with Gasteiger partial charge in [0.1, 0.15) is 0 Å². The van der Waals surface area contributed by atoms with Crippen LogP contribution in [-0.2, 0) is 14.8 Å². The van der Waals surface area contributed by atoms with E-state index < -0.39 is 38.7 Å². The van der Waals surface area contributed by atoms with Gasteiger partial charge in [0.15, 0.2) is 0 Å². The number of likely N-dealkylation sites (N-methyl/N-ethyl adjacent to an activating group) is 1. The number of nitrogens with zero attached hydrogens (tertiary/aromatic N) is 1. The zero-order valence-corrected chi connectivity index (χ0v) is 12.7. The molecule has 1 atom stereocenters. The minimum Gasteiger partial charge on any atom is -0.303 e. The van der Waals surface area contributed by atoms with Crippen molar-refractivity contribution in [3.8, 4) is 0 Å². The van der Waals surface area contributed by atoms with Gasteiger partial charge in [-0.3, -0.25) is 9.69 Å². The van der Waals surface area contributed by atoms with Gasteiger partial charge in [-0.15, -0.1) is 0 Å². The fraction of sp³-hybridized carbons (Fsp3) is 0.333. The molecule has 2 N–H and O–H groups in total. The molecule has 7 nitrogen and oxygen atoms in total. The molecular weight excluding hydrogens is 339 g/mol. The highest BCUT2D eigenvalue weighted by Gasteiger charge is 2.68. The summed E-state index contributed by atoms with van der Waals surface area (Å²) in [5.74, 6) is -1.76. The minimum atomic E-state index is -5.37. The Kier molecular flexibility index (Phi) is 3.89. The highest BCUT2D eigenvalue weighted by molar-refractivity contribution is 7.89. The molecular formula is C12H12F3N3O4S. The van der Waals surface area contributed by atoms with E-state index in [1.165, 1.54) is 22.2 Å². The monoisotopic (exact) mass is 351 g/mol. The lowest BCUT2D eigenvalue weighted by molar-refractivity contribution is -0.197. The normalized spacial score (nSPS) is 22.4. The van der Waals surface area contributed by atoms with Crippen LogP contribution < -0.4 is 10.0 Å². The summed E-state index contributed by atoms with van der Waals surface area (Å²) in [7, 11) is -3.90. The van der Waals surface area contributed by atoms with Gasteiger partial charge in [0.25, 0.3) is 11.6 Å². The second-order valence-electron chi connectivity index (χ2n) is 4.96. The molecule has 2 rings (SSSR count). The molecule has 0 saturated carbocycles. The van der Waals surface area contributed by atoms with Crippen LogP contribution in [0.25, 0.3) is 0 Å². The van der Waals surface area contributed by atoms with Crippen LogP contribution in [0.4, 0.5) is 18.0 Å². The van der Waals surface area contributed by atoms with Crippen molar-refractivity contribution in [2.45, 2.75) is 23.7 Å². The zero-order valence-electron chi connectivity index (χ0n) is 11.9. The number of benzene rings is 1. The van der Waals surface area contributed by atoms with Gasteiger partial charge < -0.3 is 5.32 Å². The Hall–Kier alpha value is -2.14. The number of carbonyl (C=O) groups is 2. The molecule has 0 aliphatic carbocycles. The molecule has 0 bridgehead atoms. The molecule has 0 unspecified atom stereocenters. The van der Waals surface area contributed by atoms with Gasteiger partial charge in [0.2, 0.25) is 10.0 Å². The van der Waals surface area contributed by atoms with E-state index in [1.54, 1.807) is 6.92 Å². The van der Waals surface area contributed by atoms with Crippen molar-refractivity contribution in [3.05, 3.63) is 29.8 Å². The molecule has 126 valence electrons. The van der Waals surface area contributed by atoms with Crippen LogP contribution in [0.5, 0.6) is 0 Å². The van der Waals surface area contributed by atoms with Crippen LogP contribution in [0.1, 0.15) is 5.56 Å². The second-order valence-corrected chi connectivity index (χ2v) is 6.64. The van der Waals surface area contributed by atoms with Gasteiger partial charge in [-0.2, -0.15) is 17.9 Å². The Morgan fingerprint density at radius 1 is 1.17 bits per heavy atom. The summed E-state index contributed by atoms with van der Waals surface area (Å²) in [5.41, 5.74) is -3.04. The number of carbonyl (C=O) groups excluding carboxylic acids is 2. The van der Waals surface area contributed by atoms with Crippen molar-refractivity contribution in [1.29, 1.82) is 0 Å². The summed E-state index contributed by atoms with van der Waals surface area (Å²) >= 11 is 0. The standard InChI is InChI=1S/C12H12F3N3O4S/c1-7-3-5-8(6-4-7)23(21,22)17-11(12(13,14)15)9(19)18(2)10(20)16-11/h3-6,17H,1-2H3,(H,16,20)/t11-/m1/s1. The fourth-order valence-corrected chi connectivity index (χ4v) is 3.21. The smallest absolute Gasteiger partial charge is 0.303 e. The van der Waals surface area contributed by atoms with Crippen molar-refractivity contribution in [2.24, 2.45) is 0 Å². The number of urea groups is 1. The number of nitrogens with one attached hydrogen (secondary N) is 2. The molecule has 1 aliphatic rings.